The molecule has 1 rings (SSSR count). The Morgan fingerprint density at radius 3 is 2.53 bits per heavy atom. The molecule has 0 saturated heterocycles. The molecular formula is C13H21KN5+. The maximum absolute atomic E-state index is 8.30. The SMILES string of the molecule is C[N-]c1[nH]ccc1C(=N)/C(C=[N+](C)C)=C\N(C)C.[K+]. The van der Waals surface area contributed by atoms with Gasteiger partial charge in [-0.05, 0) is 5.56 Å². The summed E-state index contributed by atoms with van der Waals surface area (Å²) in [7, 11) is 9.49. The average Bonchev–Trinajstić information content (AvgIpc) is 2.73. The molecule has 0 atom stereocenters. The average molecular weight is 286 g/mol. The van der Waals surface area contributed by atoms with Crippen molar-refractivity contribution in [1.82, 2.24) is 9.88 Å². The molecule has 0 spiro atoms. The van der Waals surface area contributed by atoms with E-state index in [1.54, 1.807) is 13.2 Å². The van der Waals surface area contributed by atoms with Crippen LogP contribution in [-0.2, 0) is 0 Å². The van der Waals surface area contributed by atoms with Gasteiger partial charge in [-0.25, -0.2) is 4.58 Å². The van der Waals surface area contributed by atoms with Gasteiger partial charge in [0, 0.05) is 20.3 Å². The zero-order valence-corrected chi connectivity index (χ0v) is 15.8. The van der Waals surface area contributed by atoms with Crippen molar-refractivity contribution in [3.63, 3.8) is 0 Å². The van der Waals surface area contributed by atoms with E-state index in [0.717, 1.165) is 17.0 Å². The van der Waals surface area contributed by atoms with Crippen molar-refractivity contribution in [2.24, 2.45) is 0 Å². The van der Waals surface area contributed by atoms with Gasteiger partial charge in [0.1, 0.15) is 14.1 Å². The van der Waals surface area contributed by atoms with Gasteiger partial charge < -0.3 is 15.2 Å². The number of hydrogen-bond donors (Lipinski definition) is 2. The summed E-state index contributed by atoms with van der Waals surface area (Å²) in [4.78, 5) is 4.95. The van der Waals surface area contributed by atoms with E-state index in [1.807, 2.05) is 56.1 Å². The number of H-pyrrole nitrogens is 1. The summed E-state index contributed by atoms with van der Waals surface area (Å²) in [5, 5.41) is 12.4. The maximum Gasteiger partial charge on any atom is 1.00 e. The van der Waals surface area contributed by atoms with Crippen LogP contribution in [0.25, 0.3) is 5.32 Å². The fourth-order valence-electron chi connectivity index (χ4n) is 1.62. The number of nitrogens with one attached hydrogen (secondary N) is 2. The van der Waals surface area contributed by atoms with Crippen LogP contribution in [0.2, 0.25) is 0 Å². The molecule has 0 fully saturated rings. The van der Waals surface area contributed by atoms with Gasteiger partial charge >= 0.3 is 51.4 Å². The molecule has 0 amide bonds. The summed E-state index contributed by atoms with van der Waals surface area (Å²) in [5.41, 5.74) is 2.11. The van der Waals surface area contributed by atoms with Crippen LogP contribution < -0.4 is 51.4 Å². The smallest absolute Gasteiger partial charge is 0.469 e. The molecule has 98 valence electrons. The fraction of sp³-hybridized carbons (Fsp3) is 0.385. The summed E-state index contributed by atoms with van der Waals surface area (Å²) < 4.78 is 1.93. The van der Waals surface area contributed by atoms with Crippen LogP contribution in [0.5, 0.6) is 0 Å². The molecule has 0 saturated carbocycles. The van der Waals surface area contributed by atoms with E-state index in [4.69, 9.17) is 5.41 Å². The largest absolute Gasteiger partial charge is 1.00 e. The molecule has 1 aromatic heterocycles. The Kier molecular flexibility index (Phi) is 8.52. The van der Waals surface area contributed by atoms with Gasteiger partial charge in [0.05, 0.1) is 11.3 Å². The van der Waals surface area contributed by atoms with Gasteiger partial charge in [-0.3, -0.25) is 5.41 Å². The molecule has 5 nitrogen and oxygen atoms in total. The first kappa shape index (κ1) is 18.6. The first-order valence-corrected chi connectivity index (χ1v) is 5.71. The molecule has 0 aliphatic carbocycles. The summed E-state index contributed by atoms with van der Waals surface area (Å²) in [6, 6.07) is 1.87. The molecule has 1 aromatic rings. The second-order valence-electron chi connectivity index (χ2n) is 4.48. The third kappa shape index (κ3) is 5.62. The van der Waals surface area contributed by atoms with Gasteiger partial charge in [0.25, 0.3) is 0 Å². The first-order valence-electron chi connectivity index (χ1n) is 5.71. The van der Waals surface area contributed by atoms with Gasteiger partial charge in [-0.1, -0.05) is 25.1 Å². The second-order valence-corrected chi connectivity index (χ2v) is 4.48. The van der Waals surface area contributed by atoms with Crippen LogP contribution >= 0.6 is 0 Å². The second kappa shape index (κ2) is 8.70. The van der Waals surface area contributed by atoms with E-state index in [-0.39, 0.29) is 51.4 Å². The Bertz CT molecular complexity index is 481. The minimum absolute atomic E-state index is 0. The van der Waals surface area contributed by atoms with Crippen LogP contribution in [0.4, 0.5) is 5.82 Å². The molecule has 0 bridgehead atoms. The van der Waals surface area contributed by atoms with Gasteiger partial charge in [-0.15, -0.1) is 0 Å². The van der Waals surface area contributed by atoms with Crippen LogP contribution in [-0.4, -0.2) is 61.6 Å². The van der Waals surface area contributed by atoms with Crippen molar-refractivity contribution in [1.29, 1.82) is 5.41 Å². The molecule has 1 heterocycles. The van der Waals surface area contributed by atoms with E-state index in [2.05, 4.69) is 10.3 Å². The van der Waals surface area contributed by atoms with Gasteiger partial charge in [0.15, 0.2) is 6.21 Å². The predicted molar refractivity (Wildman–Crippen MR) is 76.5 cm³/mol. The van der Waals surface area contributed by atoms with Crippen LogP contribution in [0, 0.1) is 5.41 Å². The minimum Gasteiger partial charge on any atom is -0.469 e. The molecule has 6 heteroatoms. The quantitative estimate of drug-likeness (QED) is 0.399. The third-order valence-electron chi connectivity index (χ3n) is 2.30. The third-order valence-corrected chi connectivity index (χ3v) is 2.30. The standard InChI is InChI=1S/C13H21N5.K/c1-15-13-11(6-7-16-13)12(14)10(8-17(2)3)9-18(4)5;/h6-9,14,16H,1-5H3;/q;+1. The number of allylic oxidation sites excluding steroid dienone is 1. The molecule has 0 unspecified atom stereocenters. The van der Waals surface area contributed by atoms with Crippen LogP contribution in [0.3, 0.4) is 0 Å². The van der Waals surface area contributed by atoms with Crippen LogP contribution in [0.15, 0.2) is 24.0 Å². The summed E-state index contributed by atoms with van der Waals surface area (Å²) in [6.45, 7) is 0. The van der Waals surface area contributed by atoms with Crippen molar-refractivity contribution in [2.75, 3.05) is 35.2 Å². The minimum atomic E-state index is 0. The van der Waals surface area contributed by atoms with E-state index in [0.29, 0.717) is 5.71 Å². The first-order chi connectivity index (χ1) is 8.45. The zero-order chi connectivity index (χ0) is 13.7. The number of aromatic amines is 1. The fourth-order valence-corrected chi connectivity index (χ4v) is 1.62. The summed E-state index contributed by atoms with van der Waals surface area (Å²) in [6.07, 6.45) is 5.65. The van der Waals surface area contributed by atoms with Crippen LogP contribution in [0.1, 0.15) is 5.56 Å². The van der Waals surface area contributed by atoms with E-state index in [1.165, 1.54) is 0 Å². The van der Waals surface area contributed by atoms with Gasteiger partial charge in [0.2, 0.25) is 0 Å². The Morgan fingerprint density at radius 1 is 1.42 bits per heavy atom. The van der Waals surface area contributed by atoms with Gasteiger partial charge in [-0.2, -0.15) is 0 Å². The number of aromatic nitrogens is 1. The molecule has 2 N–H and O–H groups in total. The van der Waals surface area contributed by atoms with Crippen molar-refractivity contribution < 1.29 is 56.0 Å². The maximum atomic E-state index is 8.30. The normalized spacial score (nSPS) is 10.5. The molecule has 0 radical (unpaired) electrons. The summed E-state index contributed by atoms with van der Waals surface area (Å²) >= 11 is 0. The molecule has 0 aromatic carbocycles. The monoisotopic (exact) mass is 286 g/mol. The molecule has 0 aliphatic heterocycles. The van der Waals surface area contributed by atoms with Crippen molar-refractivity contribution in [3.05, 3.63) is 34.9 Å². The van der Waals surface area contributed by atoms with Crippen molar-refractivity contribution in [2.45, 2.75) is 0 Å². The van der Waals surface area contributed by atoms with Crippen molar-refractivity contribution in [3.8, 4) is 0 Å². The Morgan fingerprint density at radius 2 is 2.05 bits per heavy atom. The van der Waals surface area contributed by atoms with E-state index >= 15 is 0 Å². The molecule has 19 heavy (non-hydrogen) atoms. The predicted octanol–water partition coefficient (Wildman–Crippen LogP) is -1.19. The summed E-state index contributed by atoms with van der Waals surface area (Å²) in [5.74, 6) is 0.733. The number of rotatable bonds is 5. The molecule has 0 aliphatic rings. The number of nitrogens with zero attached hydrogens (tertiary/aromatic N) is 3. The zero-order valence-electron chi connectivity index (χ0n) is 12.7. The number of hydrogen-bond acceptors (Lipinski definition) is 2. The molecular weight excluding hydrogens is 265 g/mol. The topological polar surface area (TPSA) is 60.0 Å². The van der Waals surface area contributed by atoms with E-state index in [9.17, 15) is 0 Å². The van der Waals surface area contributed by atoms with E-state index < -0.39 is 0 Å². The Hall–Kier alpha value is -0.404. The Labute approximate surface area is 157 Å². The van der Waals surface area contributed by atoms with Crippen molar-refractivity contribution >= 4 is 17.7 Å². The Balaban J connectivity index is 0.00000324.